The van der Waals surface area contributed by atoms with E-state index in [9.17, 15) is 9.59 Å². The van der Waals surface area contributed by atoms with E-state index in [2.05, 4.69) is 20.9 Å². The number of urea groups is 1. The zero-order chi connectivity index (χ0) is 15.7. The van der Waals surface area contributed by atoms with Crippen LogP contribution < -0.4 is 5.73 Å². The summed E-state index contributed by atoms with van der Waals surface area (Å²) in [6.07, 6.45) is 3.94. The normalized spacial score (nSPS) is 20.9. The Hall–Kier alpha value is -1.69. The molecule has 0 radical (unpaired) electrons. The third kappa shape index (κ3) is 2.56. The van der Waals surface area contributed by atoms with Gasteiger partial charge in [-0.2, -0.15) is 4.99 Å². The molecule has 1 aliphatic heterocycles. The number of amides is 3. The minimum Gasteiger partial charge on any atom is -0.386 e. The topological polar surface area (TPSA) is 75.8 Å². The van der Waals surface area contributed by atoms with E-state index in [0.29, 0.717) is 25.2 Å². The molecule has 3 amide bonds. The van der Waals surface area contributed by atoms with Crippen molar-refractivity contribution < 1.29 is 9.59 Å². The lowest BCUT2D eigenvalue weighted by Crippen LogP contribution is -2.48. The standard InChI is InChI=1S/C16H18BrN3O2/c17-12-6-4-11(5-7-12)16(8-2-9-16)14(18)19-15(22)20-10-1-3-13(20)21/h4-7H,1-3,8-10H2,(H2,18,19,22). The molecule has 0 atom stereocenters. The van der Waals surface area contributed by atoms with Crippen molar-refractivity contribution in [3.63, 3.8) is 0 Å². The molecule has 1 saturated carbocycles. The monoisotopic (exact) mass is 363 g/mol. The van der Waals surface area contributed by atoms with Crippen LogP contribution >= 0.6 is 15.9 Å². The van der Waals surface area contributed by atoms with Gasteiger partial charge in [-0.05, 0) is 37.0 Å². The first kappa shape index (κ1) is 15.2. The van der Waals surface area contributed by atoms with Gasteiger partial charge in [-0.15, -0.1) is 0 Å². The molecule has 2 aliphatic rings. The highest BCUT2D eigenvalue weighted by molar-refractivity contribution is 9.10. The Morgan fingerprint density at radius 1 is 1.23 bits per heavy atom. The molecule has 0 spiro atoms. The number of benzene rings is 1. The number of likely N-dealkylation sites (tertiary alicyclic amines) is 1. The van der Waals surface area contributed by atoms with Gasteiger partial charge in [0.25, 0.3) is 0 Å². The lowest BCUT2D eigenvalue weighted by molar-refractivity contribution is -0.125. The highest BCUT2D eigenvalue weighted by Gasteiger charge is 2.43. The van der Waals surface area contributed by atoms with Crippen molar-refractivity contribution in [3.05, 3.63) is 34.3 Å². The molecule has 1 aliphatic carbocycles. The number of hydrogen-bond acceptors (Lipinski definition) is 2. The summed E-state index contributed by atoms with van der Waals surface area (Å²) in [5.41, 5.74) is 6.89. The third-order valence-electron chi connectivity index (χ3n) is 4.61. The maximum atomic E-state index is 12.2. The molecule has 1 aromatic rings. The Bertz CT molecular complexity index is 635. The second-order valence-electron chi connectivity index (χ2n) is 5.87. The van der Waals surface area contributed by atoms with Crippen LogP contribution in [-0.4, -0.2) is 29.2 Å². The van der Waals surface area contributed by atoms with E-state index >= 15 is 0 Å². The molecule has 3 rings (SSSR count). The van der Waals surface area contributed by atoms with E-state index in [1.165, 1.54) is 4.90 Å². The van der Waals surface area contributed by atoms with E-state index < -0.39 is 6.03 Å². The fraction of sp³-hybridized carbons (Fsp3) is 0.438. The zero-order valence-corrected chi connectivity index (χ0v) is 13.8. The van der Waals surface area contributed by atoms with Gasteiger partial charge in [0.2, 0.25) is 5.91 Å². The lowest BCUT2D eigenvalue weighted by Gasteiger charge is -2.41. The van der Waals surface area contributed by atoms with Gasteiger partial charge in [-0.25, -0.2) is 4.79 Å². The van der Waals surface area contributed by atoms with Gasteiger partial charge in [0, 0.05) is 17.4 Å². The van der Waals surface area contributed by atoms with Crippen LogP contribution in [0.15, 0.2) is 33.7 Å². The first-order valence-electron chi connectivity index (χ1n) is 7.48. The molecular weight excluding hydrogens is 346 g/mol. The molecule has 22 heavy (non-hydrogen) atoms. The minimum atomic E-state index is -0.525. The molecule has 0 bridgehead atoms. The molecule has 0 aromatic heterocycles. The molecule has 6 heteroatoms. The summed E-state index contributed by atoms with van der Waals surface area (Å²) in [7, 11) is 0. The number of carbonyl (C=O) groups is 2. The molecule has 0 unspecified atom stereocenters. The van der Waals surface area contributed by atoms with Crippen LogP contribution in [0, 0.1) is 0 Å². The van der Waals surface area contributed by atoms with Crippen LogP contribution in [0.4, 0.5) is 4.79 Å². The van der Waals surface area contributed by atoms with Crippen molar-refractivity contribution in [3.8, 4) is 0 Å². The summed E-state index contributed by atoms with van der Waals surface area (Å²) >= 11 is 3.42. The number of imide groups is 1. The second-order valence-corrected chi connectivity index (χ2v) is 6.79. The average molecular weight is 364 g/mol. The van der Waals surface area contributed by atoms with Crippen molar-refractivity contribution in [1.82, 2.24) is 4.90 Å². The number of carbonyl (C=O) groups excluding carboxylic acids is 2. The first-order valence-corrected chi connectivity index (χ1v) is 8.27. The molecule has 1 saturated heterocycles. The maximum absolute atomic E-state index is 12.2. The maximum Gasteiger partial charge on any atom is 0.351 e. The predicted molar refractivity (Wildman–Crippen MR) is 87.6 cm³/mol. The summed E-state index contributed by atoms with van der Waals surface area (Å²) in [4.78, 5) is 29.0. The molecule has 5 nitrogen and oxygen atoms in total. The van der Waals surface area contributed by atoms with E-state index in [1.807, 2.05) is 24.3 Å². The first-order chi connectivity index (χ1) is 10.5. The summed E-state index contributed by atoms with van der Waals surface area (Å²) in [5.74, 6) is 0.165. The molecule has 1 heterocycles. The average Bonchev–Trinajstić information content (AvgIpc) is 2.86. The van der Waals surface area contributed by atoms with Crippen LogP contribution in [0.5, 0.6) is 0 Å². The number of rotatable bonds is 2. The summed E-state index contributed by atoms with van der Waals surface area (Å²) in [6.45, 7) is 0.444. The molecule has 116 valence electrons. The number of hydrogen-bond donors (Lipinski definition) is 1. The highest BCUT2D eigenvalue weighted by atomic mass is 79.9. The SMILES string of the molecule is NC(=NC(=O)N1CCCC1=O)C1(c2ccc(Br)cc2)CCC1. The van der Waals surface area contributed by atoms with Gasteiger partial charge in [-0.3, -0.25) is 9.69 Å². The van der Waals surface area contributed by atoms with Gasteiger partial charge in [-0.1, -0.05) is 34.5 Å². The molecule has 2 N–H and O–H groups in total. The molecule has 2 fully saturated rings. The lowest BCUT2D eigenvalue weighted by atomic mass is 9.63. The van der Waals surface area contributed by atoms with Crippen molar-refractivity contribution in [2.45, 2.75) is 37.5 Å². The second kappa shape index (κ2) is 5.83. The molecule has 1 aromatic carbocycles. The smallest absolute Gasteiger partial charge is 0.351 e. The Morgan fingerprint density at radius 3 is 2.41 bits per heavy atom. The Balaban J connectivity index is 1.86. The van der Waals surface area contributed by atoms with Crippen molar-refractivity contribution in [2.24, 2.45) is 10.7 Å². The number of nitrogens with two attached hydrogens (primary N) is 1. The van der Waals surface area contributed by atoms with Gasteiger partial charge >= 0.3 is 6.03 Å². The zero-order valence-electron chi connectivity index (χ0n) is 12.2. The van der Waals surface area contributed by atoms with E-state index in [0.717, 1.165) is 29.3 Å². The number of nitrogens with zero attached hydrogens (tertiary/aromatic N) is 2. The summed E-state index contributed by atoms with van der Waals surface area (Å²) < 4.78 is 1.000. The van der Waals surface area contributed by atoms with Crippen molar-refractivity contribution in [1.29, 1.82) is 0 Å². The quantitative estimate of drug-likeness (QED) is 0.648. The van der Waals surface area contributed by atoms with Crippen LogP contribution in [0.2, 0.25) is 0 Å². The van der Waals surface area contributed by atoms with E-state index in [1.54, 1.807) is 0 Å². The van der Waals surface area contributed by atoms with E-state index in [-0.39, 0.29) is 11.3 Å². The Labute approximate surface area is 137 Å². The largest absolute Gasteiger partial charge is 0.386 e. The summed E-state index contributed by atoms with van der Waals surface area (Å²) in [5, 5.41) is 0. The highest BCUT2D eigenvalue weighted by Crippen LogP contribution is 2.44. The van der Waals surface area contributed by atoms with Gasteiger partial charge in [0.15, 0.2) is 0 Å². The number of halogens is 1. The fourth-order valence-electron chi connectivity index (χ4n) is 3.11. The summed E-state index contributed by atoms with van der Waals surface area (Å²) in [6, 6.07) is 7.43. The minimum absolute atomic E-state index is 0.159. The Morgan fingerprint density at radius 2 is 1.91 bits per heavy atom. The van der Waals surface area contributed by atoms with E-state index in [4.69, 9.17) is 5.73 Å². The van der Waals surface area contributed by atoms with Crippen molar-refractivity contribution in [2.75, 3.05) is 6.54 Å². The third-order valence-corrected chi connectivity index (χ3v) is 5.14. The van der Waals surface area contributed by atoms with Crippen LogP contribution in [0.3, 0.4) is 0 Å². The molecular formula is C16H18BrN3O2. The van der Waals surface area contributed by atoms with Crippen LogP contribution in [0.1, 0.15) is 37.7 Å². The van der Waals surface area contributed by atoms with Crippen LogP contribution in [0.25, 0.3) is 0 Å². The van der Waals surface area contributed by atoms with Gasteiger partial charge < -0.3 is 5.73 Å². The van der Waals surface area contributed by atoms with Crippen molar-refractivity contribution >= 4 is 33.7 Å². The Kier molecular flexibility index (Phi) is 4.04. The number of amidine groups is 1. The van der Waals surface area contributed by atoms with Gasteiger partial charge in [0.05, 0.1) is 5.41 Å². The van der Waals surface area contributed by atoms with Crippen LogP contribution in [-0.2, 0) is 10.2 Å². The fourth-order valence-corrected chi connectivity index (χ4v) is 3.38. The van der Waals surface area contributed by atoms with Gasteiger partial charge in [0.1, 0.15) is 5.84 Å². The number of aliphatic imine (C=N–C) groups is 1. The predicted octanol–water partition coefficient (Wildman–Crippen LogP) is 2.97.